The summed E-state index contributed by atoms with van der Waals surface area (Å²) in [7, 11) is 0. The first-order chi connectivity index (χ1) is 8.20. The molecular formula is C13H19NO4. The van der Waals surface area contributed by atoms with Crippen molar-refractivity contribution >= 4 is 5.97 Å². The lowest BCUT2D eigenvalue weighted by molar-refractivity contribution is 0.0693. The highest BCUT2D eigenvalue weighted by atomic mass is 16.4. The Labute approximate surface area is 106 Å². The molecule has 18 heavy (non-hydrogen) atoms. The molecule has 0 spiro atoms. The van der Waals surface area contributed by atoms with Gasteiger partial charge in [0.05, 0.1) is 0 Å². The van der Waals surface area contributed by atoms with Crippen LogP contribution in [0.5, 0.6) is 5.75 Å². The van der Waals surface area contributed by atoms with E-state index < -0.39 is 17.4 Å². The number of aliphatic hydroxyl groups is 1. The number of aromatic carboxylic acids is 1. The summed E-state index contributed by atoms with van der Waals surface area (Å²) in [6, 6.07) is 2.38. The molecule has 5 N–H and O–H groups in total. The highest BCUT2D eigenvalue weighted by Crippen LogP contribution is 2.37. The number of carboxylic acids is 1. The maximum absolute atomic E-state index is 11.0. The quantitative estimate of drug-likeness (QED) is 0.649. The van der Waals surface area contributed by atoms with Crippen molar-refractivity contribution < 1.29 is 20.1 Å². The first-order valence-corrected chi connectivity index (χ1v) is 5.64. The number of hydrogen-bond donors (Lipinski definition) is 4. The van der Waals surface area contributed by atoms with Gasteiger partial charge in [-0.2, -0.15) is 0 Å². The predicted octanol–water partition coefficient (Wildman–Crippen LogP) is 1.42. The fourth-order valence-corrected chi connectivity index (χ4v) is 1.73. The molecule has 1 rings (SSSR count). The van der Waals surface area contributed by atoms with E-state index in [9.17, 15) is 15.0 Å². The molecule has 0 amide bonds. The Balaban J connectivity index is 3.37. The van der Waals surface area contributed by atoms with E-state index in [1.807, 2.05) is 0 Å². The number of carboxylic acid groups (broad SMARTS) is 1. The van der Waals surface area contributed by atoms with Crippen molar-refractivity contribution in [2.75, 3.05) is 6.61 Å². The second kappa shape index (κ2) is 4.96. The molecule has 1 aromatic rings. The van der Waals surface area contributed by atoms with Crippen LogP contribution in [0.1, 0.15) is 41.4 Å². The fraction of sp³-hybridized carbons (Fsp3) is 0.462. The van der Waals surface area contributed by atoms with Crippen LogP contribution >= 0.6 is 0 Å². The Hall–Kier alpha value is -1.59. The molecule has 0 heterocycles. The molecule has 0 unspecified atom stereocenters. The minimum atomic E-state index is -1.20. The summed E-state index contributed by atoms with van der Waals surface area (Å²) < 4.78 is 0. The minimum absolute atomic E-state index is 0.163. The molecule has 1 aromatic carbocycles. The summed E-state index contributed by atoms with van der Waals surface area (Å²) >= 11 is 0. The predicted molar refractivity (Wildman–Crippen MR) is 67.6 cm³/mol. The summed E-state index contributed by atoms with van der Waals surface area (Å²) in [5.74, 6) is -1.53. The summed E-state index contributed by atoms with van der Waals surface area (Å²) in [5.41, 5.74) is 6.22. The lowest BCUT2D eigenvalue weighted by Crippen LogP contribution is -2.32. The Morgan fingerprint density at radius 3 is 2.44 bits per heavy atom. The number of nitrogens with two attached hydrogens (primary N) is 1. The maximum atomic E-state index is 11.0. The molecule has 0 aliphatic carbocycles. The molecule has 0 aliphatic heterocycles. The zero-order valence-corrected chi connectivity index (χ0v) is 10.8. The van der Waals surface area contributed by atoms with Crippen LogP contribution in [-0.4, -0.2) is 27.9 Å². The average Bonchev–Trinajstić information content (AvgIpc) is 2.30. The van der Waals surface area contributed by atoms with Gasteiger partial charge in [0.2, 0.25) is 0 Å². The minimum Gasteiger partial charge on any atom is -0.507 e. The molecule has 0 aromatic heterocycles. The van der Waals surface area contributed by atoms with Crippen LogP contribution in [0.15, 0.2) is 12.1 Å². The average molecular weight is 253 g/mol. The molecule has 1 atom stereocenters. The number of aryl methyl sites for hydroxylation is 1. The first kappa shape index (κ1) is 14.5. The third kappa shape index (κ3) is 2.63. The molecular weight excluding hydrogens is 234 g/mol. The molecule has 5 nitrogen and oxygen atoms in total. The number of benzene rings is 1. The van der Waals surface area contributed by atoms with Gasteiger partial charge in [0.15, 0.2) is 0 Å². The van der Waals surface area contributed by atoms with Gasteiger partial charge in [0.1, 0.15) is 11.3 Å². The highest BCUT2D eigenvalue weighted by molar-refractivity contribution is 5.91. The van der Waals surface area contributed by atoms with Crippen molar-refractivity contribution in [3.8, 4) is 5.75 Å². The number of aromatic hydroxyl groups is 1. The van der Waals surface area contributed by atoms with Crippen LogP contribution in [-0.2, 0) is 0 Å². The Bertz CT molecular complexity index is 468. The van der Waals surface area contributed by atoms with E-state index >= 15 is 0 Å². The zero-order valence-electron chi connectivity index (χ0n) is 10.8. The largest absolute Gasteiger partial charge is 0.507 e. The monoisotopic (exact) mass is 253 g/mol. The van der Waals surface area contributed by atoms with Crippen molar-refractivity contribution in [3.63, 3.8) is 0 Å². The molecule has 0 fully saturated rings. The Morgan fingerprint density at radius 2 is 2.00 bits per heavy atom. The highest BCUT2D eigenvalue weighted by Gasteiger charge is 2.30. The first-order valence-electron chi connectivity index (χ1n) is 5.64. The van der Waals surface area contributed by atoms with Crippen molar-refractivity contribution in [2.24, 2.45) is 11.1 Å². The SMILES string of the molecule is Cc1cc(C(=O)O)c(O)c([C@@H](N)C(C)(C)CO)c1. The smallest absolute Gasteiger partial charge is 0.339 e. The van der Waals surface area contributed by atoms with Crippen LogP contribution < -0.4 is 5.73 Å². The Morgan fingerprint density at radius 1 is 1.44 bits per heavy atom. The van der Waals surface area contributed by atoms with Gasteiger partial charge in [-0.1, -0.05) is 19.9 Å². The van der Waals surface area contributed by atoms with E-state index in [4.69, 9.17) is 10.8 Å². The lowest BCUT2D eigenvalue weighted by Gasteiger charge is -2.30. The van der Waals surface area contributed by atoms with Gasteiger partial charge in [0.25, 0.3) is 0 Å². The number of aliphatic hydroxyl groups excluding tert-OH is 1. The van der Waals surface area contributed by atoms with Crippen molar-refractivity contribution in [3.05, 3.63) is 28.8 Å². The summed E-state index contributed by atoms with van der Waals surface area (Å²) in [6.45, 7) is 5.07. The normalized spacial score (nSPS) is 13.4. The van der Waals surface area contributed by atoms with Gasteiger partial charge in [0, 0.05) is 23.6 Å². The van der Waals surface area contributed by atoms with Gasteiger partial charge in [-0.25, -0.2) is 4.79 Å². The van der Waals surface area contributed by atoms with E-state index in [-0.39, 0.29) is 17.9 Å². The van der Waals surface area contributed by atoms with Crippen LogP contribution in [0.2, 0.25) is 0 Å². The Kier molecular flexibility index (Phi) is 3.98. The maximum Gasteiger partial charge on any atom is 0.339 e. The second-order valence-electron chi connectivity index (χ2n) is 5.18. The van der Waals surface area contributed by atoms with Gasteiger partial charge in [-0.3, -0.25) is 0 Å². The van der Waals surface area contributed by atoms with Gasteiger partial charge < -0.3 is 21.1 Å². The van der Waals surface area contributed by atoms with E-state index in [0.717, 1.165) is 0 Å². The van der Waals surface area contributed by atoms with Gasteiger partial charge >= 0.3 is 5.97 Å². The van der Waals surface area contributed by atoms with Crippen LogP contribution in [0.25, 0.3) is 0 Å². The summed E-state index contributed by atoms with van der Waals surface area (Å²) in [6.07, 6.45) is 0. The number of hydrogen-bond acceptors (Lipinski definition) is 4. The fourth-order valence-electron chi connectivity index (χ4n) is 1.73. The second-order valence-corrected chi connectivity index (χ2v) is 5.18. The molecule has 0 saturated carbocycles. The number of carbonyl (C=O) groups is 1. The third-order valence-corrected chi connectivity index (χ3v) is 3.10. The molecule has 0 radical (unpaired) electrons. The van der Waals surface area contributed by atoms with Crippen molar-refractivity contribution in [2.45, 2.75) is 26.8 Å². The van der Waals surface area contributed by atoms with Crippen LogP contribution in [0.3, 0.4) is 0 Å². The van der Waals surface area contributed by atoms with Gasteiger partial charge in [-0.15, -0.1) is 0 Å². The third-order valence-electron chi connectivity index (χ3n) is 3.10. The standard InChI is InChI=1S/C13H19NO4/c1-7-4-8(11(14)13(2,3)6-15)10(16)9(5-7)12(17)18/h4-5,11,15-16H,6,14H2,1-3H3,(H,17,18)/t11-/m1/s1. The lowest BCUT2D eigenvalue weighted by atomic mass is 9.80. The summed E-state index contributed by atoms with van der Waals surface area (Å²) in [4.78, 5) is 11.0. The topological polar surface area (TPSA) is 104 Å². The zero-order chi connectivity index (χ0) is 14.1. The molecule has 0 aliphatic rings. The molecule has 100 valence electrons. The van der Waals surface area contributed by atoms with Crippen molar-refractivity contribution in [1.29, 1.82) is 0 Å². The summed E-state index contributed by atoms with van der Waals surface area (Å²) in [5, 5.41) is 28.3. The molecule has 0 bridgehead atoms. The van der Waals surface area contributed by atoms with Crippen LogP contribution in [0, 0.1) is 12.3 Å². The number of phenols is 1. The van der Waals surface area contributed by atoms with Crippen molar-refractivity contribution in [1.82, 2.24) is 0 Å². The van der Waals surface area contributed by atoms with Gasteiger partial charge in [-0.05, 0) is 18.6 Å². The van der Waals surface area contributed by atoms with Crippen LogP contribution in [0.4, 0.5) is 0 Å². The molecule has 0 saturated heterocycles. The van der Waals surface area contributed by atoms with E-state index in [1.165, 1.54) is 6.07 Å². The van der Waals surface area contributed by atoms with E-state index in [1.54, 1.807) is 26.8 Å². The van der Waals surface area contributed by atoms with E-state index in [2.05, 4.69) is 0 Å². The van der Waals surface area contributed by atoms with E-state index in [0.29, 0.717) is 11.1 Å². The molecule has 5 heteroatoms. The number of rotatable bonds is 4.